The second-order valence-electron chi connectivity index (χ2n) is 7.62. The first-order valence-corrected chi connectivity index (χ1v) is 11.1. The smallest absolute Gasteiger partial charge is 0.414 e. The van der Waals surface area contributed by atoms with Crippen molar-refractivity contribution in [3.8, 4) is 0 Å². The SMILES string of the molecule is Cc1ccc(C(=O)NCCC[C@@H]2CN(c3ccc4c(c3)NC(=O)CS4)C(=O)O2)c(N)c1. The van der Waals surface area contributed by atoms with Crippen molar-refractivity contribution in [1.29, 1.82) is 0 Å². The Kier molecular flexibility index (Phi) is 6.03. The molecule has 162 valence electrons. The average molecular weight is 441 g/mol. The largest absolute Gasteiger partial charge is 0.444 e. The number of cyclic esters (lactones) is 1. The summed E-state index contributed by atoms with van der Waals surface area (Å²) in [6, 6.07) is 10.9. The van der Waals surface area contributed by atoms with E-state index in [0.717, 1.165) is 10.5 Å². The number of anilines is 3. The van der Waals surface area contributed by atoms with Crippen molar-refractivity contribution in [3.05, 3.63) is 47.5 Å². The Morgan fingerprint density at radius 3 is 2.94 bits per heavy atom. The number of nitrogens with one attached hydrogen (secondary N) is 2. The molecule has 2 heterocycles. The third-order valence-corrected chi connectivity index (χ3v) is 6.30. The van der Waals surface area contributed by atoms with Crippen LogP contribution in [0.4, 0.5) is 21.9 Å². The number of benzene rings is 2. The number of hydrogen-bond acceptors (Lipinski definition) is 6. The van der Waals surface area contributed by atoms with Gasteiger partial charge in [-0.2, -0.15) is 0 Å². The molecule has 2 aromatic rings. The van der Waals surface area contributed by atoms with Gasteiger partial charge in [-0.05, 0) is 55.7 Å². The molecule has 0 aliphatic carbocycles. The number of nitrogens with two attached hydrogens (primary N) is 1. The minimum absolute atomic E-state index is 0.0500. The molecule has 0 bridgehead atoms. The number of carbonyl (C=O) groups excluding carboxylic acids is 3. The monoisotopic (exact) mass is 440 g/mol. The van der Waals surface area contributed by atoms with E-state index in [1.807, 2.05) is 25.1 Å². The number of aryl methyl sites for hydroxylation is 1. The Balaban J connectivity index is 1.28. The number of nitrogen functional groups attached to an aromatic ring is 1. The Bertz CT molecular complexity index is 1040. The first-order chi connectivity index (χ1) is 14.9. The van der Waals surface area contributed by atoms with E-state index in [1.165, 1.54) is 11.8 Å². The lowest BCUT2D eigenvalue weighted by Gasteiger charge is -2.20. The van der Waals surface area contributed by atoms with Crippen molar-refractivity contribution in [2.45, 2.75) is 30.8 Å². The van der Waals surface area contributed by atoms with Gasteiger partial charge in [0.25, 0.3) is 5.91 Å². The maximum absolute atomic E-state index is 12.3. The van der Waals surface area contributed by atoms with Gasteiger partial charge < -0.3 is 21.1 Å². The lowest BCUT2D eigenvalue weighted by Crippen LogP contribution is -2.27. The molecule has 3 amide bonds. The maximum atomic E-state index is 12.3. The molecule has 31 heavy (non-hydrogen) atoms. The molecular weight excluding hydrogens is 416 g/mol. The van der Waals surface area contributed by atoms with Gasteiger partial charge in [0.05, 0.1) is 23.5 Å². The summed E-state index contributed by atoms with van der Waals surface area (Å²) >= 11 is 1.48. The molecule has 4 rings (SSSR count). The summed E-state index contributed by atoms with van der Waals surface area (Å²) in [7, 11) is 0. The van der Waals surface area contributed by atoms with Crippen LogP contribution < -0.4 is 21.3 Å². The molecule has 2 aliphatic rings. The Morgan fingerprint density at radius 1 is 1.29 bits per heavy atom. The fourth-order valence-corrected chi connectivity index (χ4v) is 4.43. The van der Waals surface area contributed by atoms with Gasteiger partial charge in [-0.1, -0.05) is 6.07 Å². The van der Waals surface area contributed by atoms with Crippen LogP contribution in [-0.2, 0) is 9.53 Å². The number of rotatable bonds is 6. The van der Waals surface area contributed by atoms with Crippen molar-refractivity contribution in [2.24, 2.45) is 0 Å². The summed E-state index contributed by atoms with van der Waals surface area (Å²) in [6.45, 7) is 2.81. The zero-order chi connectivity index (χ0) is 22.0. The van der Waals surface area contributed by atoms with Crippen molar-refractivity contribution < 1.29 is 19.1 Å². The van der Waals surface area contributed by atoms with Crippen LogP contribution in [0.15, 0.2) is 41.3 Å². The third kappa shape index (κ3) is 4.77. The summed E-state index contributed by atoms with van der Waals surface area (Å²) in [5.41, 5.74) is 9.24. The average Bonchev–Trinajstić information content (AvgIpc) is 3.11. The molecule has 0 aromatic heterocycles. The van der Waals surface area contributed by atoms with Gasteiger partial charge in [-0.15, -0.1) is 11.8 Å². The summed E-state index contributed by atoms with van der Waals surface area (Å²) in [5.74, 6) is 0.134. The molecule has 1 atom stereocenters. The van der Waals surface area contributed by atoms with Crippen LogP contribution in [-0.4, -0.2) is 42.9 Å². The highest BCUT2D eigenvalue weighted by atomic mass is 32.2. The Hall–Kier alpha value is -3.20. The van der Waals surface area contributed by atoms with Crippen molar-refractivity contribution in [3.63, 3.8) is 0 Å². The van der Waals surface area contributed by atoms with E-state index in [9.17, 15) is 14.4 Å². The van der Waals surface area contributed by atoms with Crippen LogP contribution in [0.2, 0.25) is 0 Å². The van der Waals surface area contributed by atoms with E-state index in [-0.39, 0.29) is 17.9 Å². The van der Waals surface area contributed by atoms with Crippen LogP contribution in [0.3, 0.4) is 0 Å². The lowest BCUT2D eigenvalue weighted by atomic mass is 10.1. The van der Waals surface area contributed by atoms with Gasteiger partial charge in [0, 0.05) is 22.8 Å². The predicted octanol–water partition coefficient (Wildman–Crippen LogP) is 3.16. The molecule has 1 fully saturated rings. The molecule has 2 aliphatic heterocycles. The normalized spacial score (nSPS) is 17.7. The quantitative estimate of drug-likeness (QED) is 0.470. The van der Waals surface area contributed by atoms with E-state index in [4.69, 9.17) is 10.5 Å². The summed E-state index contributed by atoms with van der Waals surface area (Å²) in [4.78, 5) is 38.8. The molecule has 0 saturated carbocycles. The zero-order valence-electron chi connectivity index (χ0n) is 17.1. The second-order valence-corrected chi connectivity index (χ2v) is 8.64. The van der Waals surface area contributed by atoms with Crippen LogP contribution in [0.5, 0.6) is 0 Å². The van der Waals surface area contributed by atoms with Gasteiger partial charge in [-0.3, -0.25) is 14.5 Å². The summed E-state index contributed by atoms with van der Waals surface area (Å²) < 4.78 is 5.48. The van der Waals surface area contributed by atoms with E-state index in [1.54, 1.807) is 23.1 Å². The Morgan fingerprint density at radius 2 is 2.13 bits per heavy atom. The molecule has 4 N–H and O–H groups in total. The van der Waals surface area contributed by atoms with E-state index in [0.29, 0.717) is 54.3 Å². The predicted molar refractivity (Wildman–Crippen MR) is 121 cm³/mol. The standard InChI is InChI=1S/C22H24N4O4S/c1-13-4-6-16(17(23)9-13)21(28)24-8-2-3-15-11-26(22(29)30-15)14-5-7-19-18(10-14)25-20(27)12-31-19/h4-7,9-10,15H,2-3,8,11-12,23H2,1H3,(H,24,28)(H,25,27)/t15-/m1/s1. The van der Waals surface area contributed by atoms with Gasteiger partial charge in [0.1, 0.15) is 6.10 Å². The summed E-state index contributed by atoms with van der Waals surface area (Å²) in [5, 5.41) is 5.70. The van der Waals surface area contributed by atoms with E-state index in [2.05, 4.69) is 10.6 Å². The van der Waals surface area contributed by atoms with Crippen LogP contribution in [0, 0.1) is 6.92 Å². The molecule has 0 unspecified atom stereocenters. The fourth-order valence-electron chi connectivity index (χ4n) is 3.64. The van der Waals surface area contributed by atoms with Gasteiger partial charge in [0.15, 0.2) is 0 Å². The number of thioether (sulfide) groups is 1. The van der Waals surface area contributed by atoms with Crippen LogP contribution >= 0.6 is 11.8 Å². The van der Waals surface area contributed by atoms with Crippen molar-refractivity contribution in [2.75, 3.05) is 34.8 Å². The molecule has 9 heteroatoms. The van der Waals surface area contributed by atoms with Crippen molar-refractivity contribution >= 4 is 46.7 Å². The molecular formula is C22H24N4O4S. The number of hydrogen-bond donors (Lipinski definition) is 3. The first-order valence-electron chi connectivity index (χ1n) is 10.1. The van der Waals surface area contributed by atoms with Crippen LogP contribution in [0.1, 0.15) is 28.8 Å². The van der Waals surface area contributed by atoms with Crippen LogP contribution in [0.25, 0.3) is 0 Å². The van der Waals surface area contributed by atoms with E-state index >= 15 is 0 Å². The maximum Gasteiger partial charge on any atom is 0.414 e. The highest BCUT2D eigenvalue weighted by molar-refractivity contribution is 8.00. The summed E-state index contributed by atoms with van der Waals surface area (Å²) in [6.07, 6.45) is 0.633. The van der Waals surface area contributed by atoms with Gasteiger partial charge in [0.2, 0.25) is 5.91 Å². The number of carbonyl (C=O) groups is 3. The molecule has 1 saturated heterocycles. The number of amides is 3. The highest BCUT2D eigenvalue weighted by Crippen LogP contribution is 2.35. The topological polar surface area (TPSA) is 114 Å². The Labute approximate surface area is 184 Å². The fraction of sp³-hybridized carbons (Fsp3) is 0.318. The zero-order valence-corrected chi connectivity index (χ0v) is 18.0. The lowest BCUT2D eigenvalue weighted by molar-refractivity contribution is -0.113. The van der Waals surface area contributed by atoms with Gasteiger partial charge >= 0.3 is 6.09 Å². The molecule has 0 spiro atoms. The molecule has 8 nitrogen and oxygen atoms in total. The first kappa shape index (κ1) is 21.0. The minimum Gasteiger partial charge on any atom is -0.444 e. The third-order valence-electron chi connectivity index (χ3n) is 5.22. The van der Waals surface area contributed by atoms with Gasteiger partial charge in [-0.25, -0.2) is 4.79 Å². The second kappa shape index (κ2) is 8.89. The highest BCUT2D eigenvalue weighted by Gasteiger charge is 2.32. The number of nitrogens with zero attached hydrogens (tertiary/aromatic N) is 1. The number of fused-ring (bicyclic) bond motifs is 1. The molecule has 2 aromatic carbocycles. The van der Waals surface area contributed by atoms with E-state index < -0.39 is 6.09 Å². The molecule has 0 radical (unpaired) electrons. The minimum atomic E-state index is -0.406. The number of ether oxygens (including phenoxy) is 1. The van der Waals surface area contributed by atoms with Crippen molar-refractivity contribution in [1.82, 2.24) is 5.32 Å².